The fourth-order valence-corrected chi connectivity index (χ4v) is 2.77. The summed E-state index contributed by atoms with van der Waals surface area (Å²) in [6.07, 6.45) is 5.97. The van der Waals surface area contributed by atoms with E-state index >= 15 is 0 Å². The Morgan fingerprint density at radius 3 is 2.35 bits per heavy atom. The molecule has 1 aromatic carbocycles. The summed E-state index contributed by atoms with van der Waals surface area (Å²) in [5, 5.41) is 8.51. The fraction of sp³-hybridized carbons (Fsp3) is 0.500. The number of hydrogen-bond donors (Lipinski definition) is 1. The van der Waals surface area contributed by atoms with Gasteiger partial charge in [0.05, 0.1) is 6.10 Å². The molecule has 92 valence electrons. The minimum atomic E-state index is -0.111. The third-order valence-electron chi connectivity index (χ3n) is 3.85. The Labute approximate surface area is 107 Å². The summed E-state index contributed by atoms with van der Waals surface area (Å²) in [5.74, 6) is 0. The van der Waals surface area contributed by atoms with Crippen LogP contribution in [0.3, 0.4) is 0 Å². The molecule has 0 spiro atoms. The number of methoxy groups -OCH3 is 1. The van der Waals surface area contributed by atoms with Gasteiger partial charge in [-0.05, 0) is 43.4 Å². The molecule has 0 unspecified atom stereocenters. The second kappa shape index (κ2) is 5.19. The predicted molar refractivity (Wildman–Crippen MR) is 71.2 cm³/mol. The quantitative estimate of drug-likeness (QED) is 0.814. The van der Waals surface area contributed by atoms with E-state index in [0.717, 1.165) is 30.7 Å². The molecule has 17 heavy (non-hydrogen) atoms. The van der Waals surface area contributed by atoms with Gasteiger partial charge in [-0.2, -0.15) is 0 Å². The SMILES string of the molecule is COC1CCC(C=N)(c2ccc(Cl)cc2)CC1. The molecule has 0 aromatic heterocycles. The van der Waals surface area contributed by atoms with Crippen molar-refractivity contribution in [3.63, 3.8) is 0 Å². The lowest BCUT2D eigenvalue weighted by Crippen LogP contribution is -2.35. The van der Waals surface area contributed by atoms with Gasteiger partial charge in [0.1, 0.15) is 0 Å². The molecule has 1 aliphatic rings. The second-order valence-corrected chi connectivity index (χ2v) is 5.18. The lowest BCUT2D eigenvalue weighted by atomic mass is 9.69. The molecule has 0 bridgehead atoms. The first-order valence-electron chi connectivity index (χ1n) is 6.01. The molecule has 0 radical (unpaired) electrons. The smallest absolute Gasteiger partial charge is 0.0572 e. The number of benzene rings is 1. The lowest BCUT2D eigenvalue weighted by Gasteiger charge is -2.37. The van der Waals surface area contributed by atoms with E-state index in [1.54, 1.807) is 13.3 Å². The molecule has 0 atom stereocenters. The first-order chi connectivity index (χ1) is 8.20. The molecular weight excluding hydrogens is 234 g/mol. The molecule has 1 aromatic rings. The van der Waals surface area contributed by atoms with Gasteiger partial charge in [-0.1, -0.05) is 23.7 Å². The number of hydrogen-bond acceptors (Lipinski definition) is 2. The predicted octanol–water partition coefficient (Wildman–Crippen LogP) is 3.82. The van der Waals surface area contributed by atoms with Crippen molar-refractivity contribution >= 4 is 17.8 Å². The molecule has 2 rings (SSSR count). The van der Waals surface area contributed by atoms with E-state index in [0.29, 0.717) is 6.10 Å². The second-order valence-electron chi connectivity index (χ2n) is 4.74. The molecule has 1 saturated carbocycles. The van der Waals surface area contributed by atoms with Gasteiger partial charge in [0.25, 0.3) is 0 Å². The van der Waals surface area contributed by atoms with Crippen LogP contribution in [0.25, 0.3) is 0 Å². The van der Waals surface area contributed by atoms with Gasteiger partial charge < -0.3 is 10.1 Å². The highest BCUT2D eigenvalue weighted by molar-refractivity contribution is 6.30. The lowest BCUT2D eigenvalue weighted by molar-refractivity contribution is 0.0595. The molecule has 2 nitrogen and oxygen atoms in total. The molecular formula is C14H18ClNO. The van der Waals surface area contributed by atoms with Crippen molar-refractivity contribution in [1.29, 1.82) is 5.41 Å². The van der Waals surface area contributed by atoms with Crippen LogP contribution in [-0.4, -0.2) is 19.4 Å². The minimum absolute atomic E-state index is 0.111. The van der Waals surface area contributed by atoms with E-state index in [2.05, 4.69) is 0 Å². The van der Waals surface area contributed by atoms with Gasteiger partial charge in [0.2, 0.25) is 0 Å². The highest BCUT2D eigenvalue weighted by Crippen LogP contribution is 2.38. The molecule has 1 N–H and O–H groups in total. The molecule has 3 heteroatoms. The minimum Gasteiger partial charge on any atom is -0.381 e. The zero-order chi connectivity index (χ0) is 12.3. The third kappa shape index (κ3) is 2.53. The Kier molecular flexibility index (Phi) is 3.85. The van der Waals surface area contributed by atoms with Crippen LogP contribution in [0.1, 0.15) is 31.2 Å². The van der Waals surface area contributed by atoms with Crippen molar-refractivity contribution in [2.75, 3.05) is 7.11 Å². The van der Waals surface area contributed by atoms with Gasteiger partial charge in [-0.25, -0.2) is 0 Å². The maximum absolute atomic E-state index is 7.76. The standard InChI is InChI=1S/C14H18ClNO/c1-17-13-6-8-14(10-16,9-7-13)11-2-4-12(15)5-3-11/h2-5,10,13,16H,6-9H2,1H3. The molecule has 0 saturated heterocycles. The van der Waals surface area contributed by atoms with E-state index < -0.39 is 0 Å². The topological polar surface area (TPSA) is 33.1 Å². The van der Waals surface area contributed by atoms with Crippen LogP contribution in [0, 0.1) is 5.41 Å². The summed E-state index contributed by atoms with van der Waals surface area (Å²) in [4.78, 5) is 0. The van der Waals surface area contributed by atoms with Crippen molar-refractivity contribution in [1.82, 2.24) is 0 Å². The number of halogens is 1. The van der Waals surface area contributed by atoms with Crippen molar-refractivity contribution in [3.8, 4) is 0 Å². The highest BCUT2D eigenvalue weighted by atomic mass is 35.5. The molecule has 0 amide bonds. The Morgan fingerprint density at radius 1 is 1.29 bits per heavy atom. The van der Waals surface area contributed by atoms with Crippen LogP contribution in [0.5, 0.6) is 0 Å². The Morgan fingerprint density at radius 2 is 1.88 bits per heavy atom. The summed E-state index contributed by atoms with van der Waals surface area (Å²) in [6, 6.07) is 7.90. The average molecular weight is 252 g/mol. The van der Waals surface area contributed by atoms with Crippen molar-refractivity contribution < 1.29 is 4.74 Å². The summed E-state index contributed by atoms with van der Waals surface area (Å²) in [5.41, 5.74) is 1.09. The summed E-state index contributed by atoms with van der Waals surface area (Å²) in [6.45, 7) is 0. The van der Waals surface area contributed by atoms with Gasteiger partial charge in [0, 0.05) is 23.8 Å². The number of ether oxygens (including phenoxy) is 1. The van der Waals surface area contributed by atoms with Gasteiger partial charge in [-0.3, -0.25) is 0 Å². The third-order valence-corrected chi connectivity index (χ3v) is 4.11. The summed E-state index contributed by atoms with van der Waals surface area (Å²) in [7, 11) is 1.77. The van der Waals surface area contributed by atoms with E-state index in [-0.39, 0.29) is 5.41 Å². The van der Waals surface area contributed by atoms with Crippen molar-refractivity contribution in [2.45, 2.75) is 37.2 Å². The Hall–Kier alpha value is -0.860. The normalized spacial score (nSPS) is 28.9. The number of rotatable bonds is 3. The van der Waals surface area contributed by atoms with Crippen molar-refractivity contribution in [2.24, 2.45) is 0 Å². The van der Waals surface area contributed by atoms with Crippen molar-refractivity contribution in [3.05, 3.63) is 34.9 Å². The Bertz CT molecular complexity index is 380. The molecule has 0 aliphatic heterocycles. The fourth-order valence-electron chi connectivity index (χ4n) is 2.64. The molecule has 1 fully saturated rings. The van der Waals surface area contributed by atoms with E-state index in [9.17, 15) is 0 Å². The van der Waals surface area contributed by atoms with Gasteiger partial charge >= 0.3 is 0 Å². The van der Waals surface area contributed by atoms with E-state index in [4.69, 9.17) is 21.7 Å². The van der Waals surface area contributed by atoms with Gasteiger partial charge in [-0.15, -0.1) is 0 Å². The van der Waals surface area contributed by atoms with Crippen LogP contribution < -0.4 is 0 Å². The van der Waals surface area contributed by atoms with Crippen LogP contribution in [-0.2, 0) is 10.2 Å². The highest BCUT2D eigenvalue weighted by Gasteiger charge is 2.35. The zero-order valence-corrected chi connectivity index (χ0v) is 10.8. The van der Waals surface area contributed by atoms with Crippen LogP contribution in [0.15, 0.2) is 24.3 Å². The average Bonchev–Trinajstić information content (AvgIpc) is 2.40. The monoisotopic (exact) mass is 251 g/mol. The number of nitrogens with one attached hydrogen (secondary N) is 1. The van der Waals surface area contributed by atoms with Crippen LogP contribution in [0.4, 0.5) is 0 Å². The largest absolute Gasteiger partial charge is 0.381 e. The summed E-state index contributed by atoms with van der Waals surface area (Å²) < 4.78 is 5.39. The summed E-state index contributed by atoms with van der Waals surface area (Å²) >= 11 is 5.91. The van der Waals surface area contributed by atoms with Gasteiger partial charge in [0.15, 0.2) is 0 Å². The first-order valence-corrected chi connectivity index (χ1v) is 6.38. The maximum atomic E-state index is 7.76. The van der Waals surface area contributed by atoms with E-state index in [1.165, 1.54) is 5.56 Å². The van der Waals surface area contributed by atoms with Crippen LogP contribution >= 0.6 is 11.6 Å². The molecule has 1 aliphatic carbocycles. The first kappa shape index (κ1) is 12.6. The Balaban J connectivity index is 2.21. The maximum Gasteiger partial charge on any atom is 0.0572 e. The molecule has 0 heterocycles. The van der Waals surface area contributed by atoms with E-state index in [1.807, 2.05) is 24.3 Å². The van der Waals surface area contributed by atoms with Crippen LogP contribution in [0.2, 0.25) is 5.02 Å². The zero-order valence-electron chi connectivity index (χ0n) is 10.1.